The topological polar surface area (TPSA) is 67.9 Å². The molecule has 4 heteroatoms. The quantitative estimate of drug-likeness (QED) is 0.860. The summed E-state index contributed by atoms with van der Waals surface area (Å²) >= 11 is 0. The van der Waals surface area contributed by atoms with Crippen LogP contribution in [0.2, 0.25) is 0 Å². The smallest absolute Gasteiger partial charge is 0.259 e. The van der Waals surface area contributed by atoms with E-state index in [9.17, 15) is 10.1 Å². The molecule has 0 N–H and O–H groups in total. The number of hydrogen-bond acceptors (Lipinski definition) is 3. The van der Waals surface area contributed by atoms with E-state index in [0.717, 1.165) is 16.5 Å². The molecular formula is C17H13N3O. The van der Waals surface area contributed by atoms with E-state index in [4.69, 9.17) is 5.26 Å². The van der Waals surface area contributed by atoms with Crippen molar-refractivity contribution in [1.29, 1.82) is 10.5 Å². The van der Waals surface area contributed by atoms with Crippen LogP contribution in [0.15, 0.2) is 36.4 Å². The molecule has 4 nitrogen and oxygen atoms in total. The molecule has 21 heavy (non-hydrogen) atoms. The van der Waals surface area contributed by atoms with Crippen LogP contribution >= 0.6 is 0 Å². The number of anilines is 1. The average Bonchev–Trinajstić information content (AvgIpc) is 2.79. The molecule has 1 amide bonds. The highest BCUT2D eigenvalue weighted by Crippen LogP contribution is 2.37. The molecule has 0 bridgehead atoms. The zero-order valence-corrected chi connectivity index (χ0v) is 11.4. The highest BCUT2D eigenvalue weighted by atomic mass is 16.2. The van der Waals surface area contributed by atoms with Crippen LogP contribution in [-0.2, 0) is 0 Å². The van der Waals surface area contributed by atoms with Crippen LogP contribution in [0.5, 0.6) is 0 Å². The molecule has 0 spiro atoms. The summed E-state index contributed by atoms with van der Waals surface area (Å²) in [6.07, 6.45) is 0.820. The summed E-state index contributed by atoms with van der Waals surface area (Å²) in [5.41, 5.74) is 1.56. The lowest BCUT2D eigenvalue weighted by molar-refractivity contribution is 0.0990. The predicted molar refractivity (Wildman–Crippen MR) is 79.6 cm³/mol. The molecule has 1 heterocycles. The molecule has 0 radical (unpaired) electrons. The zero-order chi connectivity index (χ0) is 14.8. The van der Waals surface area contributed by atoms with Crippen LogP contribution in [-0.4, -0.2) is 12.5 Å². The standard InChI is InChI=1S/C17H13N3O/c18-9-3-4-12(10-19)11-20-15-8-2-6-13-5-1-7-14(16(13)15)17(20)21/h1-2,5-8,12H,3-4,11H2/t12-/m1/s1. The van der Waals surface area contributed by atoms with Crippen molar-refractivity contribution in [3.63, 3.8) is 0 Å². The summed E-state index contributed by atoms with van der Waals surface area (Å²) < 4.78 is 0. The third-order valence-electron chi connectivity index (χ3n) is 3.84. The minimum absolute atomic E-state index is 0.0565. The van der Waals surface area contributed by atoms with Gasteiger partial charge in [0, 0.05) is 23.9 Å². The van der Waals surface area contributed by atoms with Crippen molar-refractivity contribution in [2.45, 2.75) is 12.8 Å². The number of rotatable bonds is 4. The van der Waals surface area contributed by atoms with Crippen molar-refractivity contribution in [2.24, 2.45) is 5.92 Å². The van der Waals surface area contributed by atoms with Crippen molar-refractivity contribution in [3.8, 4) is 12.1 Å². The molecule has 2 aromatic rings. The van der Waals surface area contributed by atoms with Gasteiger partial charge in [0.2, 0.25) is 0 Å². The first-order valence-electron chi connectivity index (χ1n) is 6.86. The van der Waals surface area contributed by atoms with Crippen LogP contribution in [0.1, 0.15) is 23.2 Å². The van der Waals surface area contributed by atoms with Gasteiger partial charge in [-0.2, -0.15) is 10.5 Å². The lowest BCUT2D eigenvalue weighted by Gasteiger charge is -2.20. The Bertz CT molecular complexity index is 793. The number of carbonyl (C=O) groups is 1. The molecule has 0 fully saturated rings. The van der Waals surface area contributed by atoms with Gasteiger partial charge in [-0.3, -0.25) is 4.79 Å². The molecule has 0 saturated carbocycles. The molecule has 3 rings (SSSR count). The fraction of sp³-hybridized carbons (Fsp3) is 0.235. The summed E-state index contributed by atoms with van der Waals surface area (Å²) in [4.78, 5) is 14.2. The first-order valence-corrected chi connectivity index (χ1v) is 6.86. The number of hydrogen-bond donors (Lipinski definition) is 0. The van der Waals surface area contributed by atoms with E-state index in [2.05, 4.69) is 12.1 Å². The second-order valence-electron chi connectivity index (χ2n) is 5.12. The van der Waals surface area contributed by atoms with Crippen molar-refractivity contribution in [2.75, 3.05) is 11.4 Å². The van der Waals surface area contributed by atoms with Gasteiger partial charge in [-0.05, 0) is 23.9 Å². The third-order valence-corrected chi connectivity index (χ3v) is 3.84. The lowest BCUT2D eigenvalue weighted by atomic mass is 10.0. The number of benzene rings is 2. The maximum absolute atomic E-state index is 12.6. The lowest BCUT2D eigenvalue weighted by Crippen LogP contribution is -2.31. The van der Waals surface area contributed by atoms with Crippen molar-refractivity contribution in [3.05, 3.63) is 42.0 Å². The number of nitriles is 2. The summed E-state index contributed by atoms with van der Waals surface area (Å²) in [6, 6.07) is 15.7. The summed E-state index contributed by atoms with van der Waals surface area (Å²) in [6.45, 7) is 0.338. The number of carbonyl (C=O) groups excluding carboxylic acids is 1. The maximum Gasteiger partial charge on any atom is 0.259 e. The Balaban J connectivity index is 1.97. The van der Waals surface area contributed by atoms with Crippen LogP contribution in [0.25, 0.3) is 10.8 Å². The third kappa shape index (κ3) is 2.11. The molecule has 1 atom stereocenters. The Morgan fingerprint density at radius 2 is 1.90 bits per heavy atom. The molecule has 0 aromatic heterocycles. The van der Waals surface area contributed by atoms with Gasteiger partial charge in [0.15, 0.2) is 0 Å². The first-order chi connectivity index (χ1) is 10.3. The van der Waals surface area contributed by atoms with E-state index >= 15 is 0 Å². The minimum Gasteiger partial charge on any atom is -0.306 e. The van der Waals surface area contributed by atoms with Gasteiger partial charge in [0.05, 0.1) is 23.7 Å². The van der Waals surface area contributed by atoms with Crippen LogP contribution < -0.4 is 4.90 Å². The van der Waals surface area contributed by atoms with Crippen LogP contribution in [0, 0.1) is 28.6 Å². The SMILES string of the molecule is N#CCC[C@H](C#N)CN1C(=O)c2cccc3cccc1c23. The number of nitrogens with zero attached hydrogens (tertiary/aromatic N) is 3. The highest BCUT2D eigenvalue weighted by Gasteiger charge is 2.30. The summed E-state index contributed by atoms with van der Waals surface area (Å²) in [5.74, 6) is -0.378. The normalized spacial score (nSPS) is 14.0. The molecular weight excluding hydrogens is 262 g/mol. The Labute approximate surface area is 122 Å². The molecule has 0 aliphatic carbocycles. The van der Waals surface area contributed by atoms with Crippen molar-refractivity contribution in [1.82, 2.24) is 0 Å². The first kappa shape index (κ1) is 13.1. The second kappa shape index (κ2) is 5.26. The van der Waals surface area contributed by atoms with E-state index in [1.807, 2.05) is 36.4 Å². The Morgan fingerprint density at radius 3 is 2.62 bits per heavy atom. The largest absolute Gasteiger partial charge is 0.306 e. The predicted octanol–water partition coefficient (Wildman–Crippen LogP) is 3.24. The fourth-order valence-corrected chi connectivity index (χ4v) is 2.82. The number of amides is 1. The highest BCUT2D eigenvalue weighted by molar-refractivity contribution is 6.25. The van der Waals surface area contributed by atoms with Crippen LogP contribution in [0.4, 0.5) is 5.69 Å². The van der Waals surface area contributed by atoms with Gasteiger partial charge in [-0.15, -0.1) is 0 Å². The van der Waals surface area contributed by atoms with E-state index in [-0.39, 0.29) is 11.8 Å². The molecule has 2 aromatic carbocycles. The monoisotopic (exact) mass is 275 g/mol. The van der Waals surface area contributed by atoms with Gasteiger partial charge in [0.1, 0.15) is 0 Å². The summed E-state index contributed by atoms with van der Waals surface area (Å²) in [5, 5.41) is 19.9. The second-order valence-corrected chi connectivity index (χ2v) is 5.12. The van der Waals surface area contributed by atoms with Crippen molar-refractivity contribution >= 4 is 22.4 Å². The molecule has 0 unspecified atom stereocenters. The van der Waals surface area contributed by atoms with Gasteiger partial charge in [0.25, 0.3) is 5.91 Å². The van der Waals surface area contributed by atoms with Gasteiger partial charge in [-0.1, -0.05) is 24.3 Å². The molecule has 1 aliphatic rings. The molecule has 1 aliphatic heterocycles. The van der Waals surface area contributed by atoms with Gasteiger partial charge >= 0.3 is 0 Å². The van der Waals surface area contributed by atoms with E-state index in [1.165, 1.54) is 0 Å². The minimum atomic E-state index is -0.321. The van der Waals surface area contributed by atoms with E-state index < -0.39 is 0 Å². The van der Waals surface area contributed by atoms with Crippen molar-refractivity contribution < 1.29 is 4.79 Å². The summed E-state index contributed by atoms with van der Waals surface area (Å²) in [7, 11) is 0. The maximum atomic E-state index is 12.6. The Morgan fingerprint density at radius 1 is 1.14 bits per heavy atom. The Hall–Kier alpha value is -2.85. The van der Waals surface area contributed by atoms with Crippen LogP contribution in [0.3, 0.4) is 0 Å². The zero-order valence-electron chi connectivity index (χ0n) is 11.4. The van der Waals surface area contributed by atoms with Gasteiger partial charge in [-0.25, -0.2) is 0 Å². The average molecular weight is 275 g/mol. The molecule has 102 valence electrons. The Kier molecular flexibility index (Phi) is 3.30. The molecule has 0 saturated heterocycles. The van der Waals surface area contributed by atoms with E-state index in [0.29, 0.717) is 24.9 Å². The fourth-order valence-electron chi connectivity index (χ4n) is 2.82. The van der Waals surface area contributed by atoms with Gasteiger partial charge < -0.3 is 4.90 Å². The van der Waals surface area contributed by atoms with E-state index in [1.54, 1.807) is 4.90 Å².